The predicted octanol–water partition coefficient (Wildman–Crippen LogP) is 3.34. The van der Waals surface area contributed by atoms with Crippen molar-refractivity contribution in [3.05, 3.63) is 27.9 Å². The minimum Gasteiger partial charge on any atom is -0.478 e. The van der Waals surface area contributed by atoms with Crippen molar-refractivity contribution in [3.63, 3.8) is 0 Å². The average Bonchev–Trinajstić information content (AvgIpc) is 2.88. The number of hydrogen-bond acceptors (Lipinski definition) is 3. The third kappa shape index (κ3) is 2.32. The molecule has 0 atom stereocenters. The molecule has 0 unspecified atom stereocenters. The molecule has 1 amide bonds. The van der Waals surface area contributed by atoms with Crippen LogP contribution in [0.2, 0.25) is 10.0 Å². The number of aromatic nitrogens is 1. The summed E-state index contributed by atoms with van der Waals surface area (Å²) in [4.78, 5) is 12.5. The van der Waals surface area contributed by atoms with Crippen LogP contribution in [-0.2, 0) is 13.1 Å². The molecule has 3 rings (SSSR count). The van der Waals surface area contributed by atoms with Crippen LogP contribution in [0.4, 0.5) is 4.79 Å². The van der Waals surface area contributed by atoms with Gasteiger partial charge in [-0.2, -0.15) is 5.26 Å². The number of rotatable bonds is 2. The van der Waals surface area contributed by atoms with E-state index in [0.717, 1.165) is 11.1 Å². The topological polar surface area (TPSA) is 78.5 Å². The zero-order valence-corrected chi connectivity index (χ0v) is 12.9. The van der Waals surface area contributed by atoms with Crippen LogP contribution >= 0.6 is 23.2 Å². The Kier molecular flexibility index (Phi) is 3.77. The van der Waals surface area contributed by atoms with Crippen LogP contribution < -0.4 is 4.74 Å². The smallest absolute Gasteiger partial charge is 0.407 e. The molecule has 6 nitrogen and oxygen atoms in total. The molecule has 0 aliphatic carbocycles. The van der Waals surface area contributed by atoms with Gasteiger partial charge in [0.05, 0.1) is 22.1 Å². The summed E-state index contributed by atoms with van der Waals surface area (Å²) in [6.07, 6.45) is -0.957. The van der Waals surface area contributed by atoms with E-state index in [2.05, 4.69) is 0 Å². The molecule has 0 fully saturated rings. The van der Waals surface area contributed by atoms with E-state index in [0.29, 0.717) is 34.4 Å². The van der Waals surface area contributed by atoms with Crippen LogP contribution in [0.15, 0.2) is 12.1 Å². The lowest BCUT2D eigenvalue weighted by molar-refractivity contribution is 0.133. The molecule has 1 N–H and O–H groups in total. The van der Waals surface area contributed by atoms with Gasteiger partial charge in [0.1, 0.15) is 11.8 Å². The van der Waals surface area contributed by atoms with E-state index in [-0.39, 0.29) is 13.2 Å². The molecule has 0 saturated heterocycles. The van der Waals surface area contributed by atoms with Crippen molar-refractivity contribution in [3.8, 4) is 11.8 Å². The molecule has 8 heteroatoms. The fourth-order valence-corrected chi connectivity index (χ4v) is 3.12. The molecule has 2 heterocycles. The molecule has 22 heavy (non-hydrogen) atoms. The number of carbonyl (C=O) groups is 1. The number of halogens is 2. The highest BCUT2D eigenvalue weighted by atomic mass is 35.5. The summed E-state index contributed by atoms with van der Waals surface area (Å²) in [6.45, 7) is 1.04. The Morgan fingerprint density at radius 2 is 2.18 bits per heavy atom. The molecule has 1 aliphatic rings. The Hall–Kier alpha value is -2.10. The summed E-state index contributed by atoms with van der Waals surface area (Å²) < 4.78 is 7.36. The number of carboxylic acid groups (broad SMARTS) is 1. The minimum absolute atomic E-state index is 0.102. The lowest BCUT2D eigenvalue weighted by atomic mass is 10.2. The summed E-state index contributed by atoms with van der Waals surface area (Å²) >= 11 is 12.4. The quantitative estimate of drug-likeness (QED) is 0.909. The highest BCUT2D eigenvalue weighted by Crippen LogP contribution is 2.40. The summed E-state index contributed by atoms with van der Waals surface area (Å²) in [5.74, 6) is 0.467. The Morgan fingerprint density at radius 3 is 2.86 bits per heavy atom. The Bertz CT molecular complexity index is 810. The van der Waals surface area contributed by atoms with Crippen LogP contribution in [0, 0.1) is 11.3 Å². The molecule has 2 aromatic rings. The predicted molar refractivity (Wildman–Crippen MR) is 81.5 cm³/mol. The van der Waals surface area contributed by atoms with Gasteiger partial charge in [-0.3, -0.25) is 0 Å². The van der Waals surface area contributed by atoms with Crippen molar-refractivity contribution in [2.24, 2.45) is 0 Å². The normalized spacial score (nSPS) is 13.8. The largest absolute Gasteiger partial charge is 0.478 e. The molecule has 1 aliphatic heterocycles. The van der Waals surface area contributed by atoms with Gasteiger partial charge in [0.2, 0.25) is 0 Å². The van der Waals surface area contributed by atoms with Crippen LogP contribution in [0.25, 0.3) is 10.9 Å². The van der Waals surface area contributed by atoms with E-state index in [1.807, 2.05) is 16.7 Å². The molecule has 0 radical (unpaired) electrons. The molecular weight excluding hydrogens is 329 g/mol. The summed E-state index contributed by atoms with van der Waals surface area (Å²) in [5, 5.41) is 19.3. The van der Waals surface area contributed by atoms with Crippen molar-refractivity contribution in [2.45, 2.75) is 13.1 Å². The first-order valence-electron chi connectivity index (χ1n) is 6.50. The van der Waals surface area contributed by atoms with Crippen molar-refractivity contribution >= 4 is 40.2 Å². The van der Waals surface area contributed by atoms with Crippen LogP contribution in [-0.4, -0.2) is 33.8 Å². The van der Waals surface area contributed by atoms with Gasteiger partial charge < -0.3 is 19.3 Å². The van der Waals surface area contributed by atoms with Crippen molar-refractivity contribution < 1.29 is 14.6 Å². The van der Waals surface area contributed by atoms with Crippen LogP contribution in [0.1, 0.15) is 5.69 Å². The first-order chi connectivity index (χ1) is 10.5. The number of ether oxygens (including phenoxy) is 1. The first-order valence-corrected chi connectivity index (χ1v) is 7.26. The number of nitrogens with zero attached hydrogens (tertiary/aromatic N) is 3. The monoisotopic (exact) mass is 339 g/mol. The van der Waals surface area contributed by atoms with E-state index in [1.54, 1.807) is 6.07 Å². The van der Waals surface area contributed by atoms with Gasteiger partial charge in [0.15, 0.2) is 6.61 Å². The fourth-order valence-electron chi connectivity index (χ4n) is 2.67. The highest BCUT2D eigenvalue weighted by Gasteiger charge is 2.25. The van der Waals surface area contributed by atoms with Gasteiger partial charge in [-0.25, -0.2) is 4.79 Å². The molecular formula is C14H11Cl2N3O3. The number of amides is 1. The van der Waals surface area contributed by atoms with Gasteiger partial charge in [0, 0.05) is 30.2 Å². The van der Waals surface area contributed by atoms with Gasteiger partial charge in [-0.15, -0.1) is 0 Å². The summed E-state index contributed by atoms with van der Waals surface area (Å²) in [6, 6.07) is 5.31. The van der Waals surface area contributed by atoms with E-state index >= 15 is 0 Å². The molecule has 1 aromatic carbocycles. The number of benzene rings is 1. The highest BCUT2D eigenvalue weighted by molar-refractivity contribution is 6.45. The lowest BCUT2D eigenvalue weighted by Crippen LogP contribution is -2.36. The third-order valence-corrected chi connectivity index (χ3v) is 4.41. The molecule has 0 saturated carbocycles. The van der Waals surface area contributed by atoms with Crippen LogP contribution in [0.3, 0.4) is 0 Å². The molecule has 114 valence electrons. The Balaban J connectivity index is 2.16. The van der Waals surface area contributed by atoms with E-state index in [1.165, 1.54) is 4.90 Å². The fraction of sp³-hybridized carbons (Fsp3) is 0.286. The number of hydrogen-bond donors (Lipinski definition) is 1. The Morgan fingerprint density at radius 1 is 1.41 bits per heavy atom. The maximum atomic E-state index is 11.1. The maximum Gasteiger partial charge on any atom is 0.407 e. The molecule has 0 bridgehead atoms. The zero-order chi connectivity index (χ0) is 15.9. The number of nitriles is 1. The SMILES string of the molecule is N#CCOc1cc(Cl)c(Cl)c2c1cc1n2CCN(C(=O)O)C1. The second kappa shape index (κ2) is 5.59. The lowest BCUT2D eigenvalue weighted by Gasteiger charge is -2.26. The van der Waals surface area contributed by atoms with Crippen LogP contribution in [0.5, 0.6) is 5.75 Å². The zero-order valence-electron chi connectivity index (χ0n) is 11.3. The van der Waals surface area contributed by atoms with Gasteiger partial charge in [-0.1, -0.05) is 23.2 Å². The summed E-state index contributed by atoms with van der Waals surface area (Å²) in [7, 11) is 0. The first kappa shape index (κ1) is 14.8. The molecule has 1 aromatic heterocycles. The van der Waals surface area contributed by atoms with E-state index in [4.69, 9.17) is 38.3 Å². The molecule has 0 spiro atoms. The van der Waals surface area contributed by atoms with E-state index < -0.39 is 6.09 Å². The van der Waals surface area contributed by atoms with Gasteiger partial charge >= 0.3 is 6.09 Å². The van der Waals surface area contributed by atoms with Crippen molar-refractivity contribution in [1.82, 2.24) is 9.47 Å². The van der Waals surface area contributed by atoms with E-state index in [9.17, 15) is 4.79 Å². The second-order valence-electron chi connectivity index (χ2n) is 4.87. The Labute approximate surface area is 136 Å². The van der Waals surface area contributed by atoms with Crippen molar-refractivity contribution in [1.29, 1.82) is 5.26 Å². The minimum atomic E-state index is -0.957. The van der Waals surface area contributed by atoms with Gasteiger partial charge in [0.25, 0.3) is 0 Å². The third-order valence-electron chi connectivity index (χ3n) is 3.63. The average molecular weight is 340 g/mol. The second-order valence-corrected chi connectivity index (χ2v) is 5.66. The maximum absolute atomic E-state index is 11.1. The number of fused-ring (bicyclic) bond motifs is 3. The van der Waals surface area contributed by atoms with Gasteiger partial charge in [-0.05, 0) is 6.07 Å². The standard InChI is InChI=1S/C14H11Cl2N3O3/c15-10-6-11(22-4-1-17)9-5-8-7-18(14(20)21)2-3-19(8)13(9)12(10)16/h5-6H,2-4,7H2,(H,20,21). The van der Waals surface area contributed by atoms with Crippen molar-refractivity contribution in [2.75, 3.05) is 13.2 Å². The summed E-state index contributed by atoms with van der Waals surface area (Å²) in [5.41, 5.74) is 1.52.